The molecule has 1 aromatic rings. The fourth-order valence-electron chi connectivity index (χ4n) is 6.44. The molecule has 1 aromatic carbocycles. The van der Waals surface area contributed by atoms with Crippen molar-refractivity contribution in [3.8, 4) is 0 Å². The third kappa shape index (κ3) is 5.71. The molecular formula is C28H44ClN3O. The molecule has 0 amide bonds. The normalized spacial score (nSPS) is 23.5. The molecule has 2 saturated heterocycles. The first-order valence-electron chi connectivity index (χ1n) is 13.4. The van der Waals surface area contributed by atoms with Crippen LogP contribution in [0, 0.1) is 5.41 Å². The number of nitrogens with zero attached hydrogens (tertiary/aromatic N) is 3. The molecule has 4 nitrogen and oxygen atoms in total. The summed E-state index contributed by atoms with van der Waals surface area (Å²) in [5, 5.41) is 0. The van der Waals surface area contributed by atoms with Gasteiger partial charge in [-0.25, -0.2) is 0 Å². The number of hydrogen-bond donors (Lipinski definition) is 0. The van der Waals surface area contributed by atoms with Crippen molar-refractivity contribution in [2.24, 2.45) is 5.41 Å². The zero-order chi connectivity index (χ0) is 21.8. The Kier molecular flexibility index (Phi) is 8.64. The Labute approximate surface area is 207 Å². The maximum absolute atomic E-state index is 5.61. The van der Waals surface area contributed by atoms with Crippen molar-refractivity contribution in [2.75, 3.05) is 68.8 Å². The summed E-state index contributed by atoms with van der Waals surface area (Å²) in [7, 11) is 0. The third-order valence-corrected chi connectivity index (χ3v) is 8.61. The summed E-state index contributed by atoms with van der Waals surface area (Å²) in [5.74, 6) is 0. The minimum atomic E-state index is 0. The van der Waals surface area contributed by atoms with Crippen LogP contribution < -0.4 is 9.80 Å². The molecular weight excluding hydrogens is 430 g/mol. The van der Waals surface area contributed by atoms with E-state index in [1.54, 1.807) is 5.57 Å². The molecule has 1 spiro atoms. The SMILES string of the molecule is CCCCN1CCN(c2ccc(N3CCOCC3)cc2C2=CCC3(CCCC3)CC2)CC1.Cl. The van der Waals surface area contributed by atoms with Crippen LogP contribution in [0.25, 0.3) is 5.57 Å². The number of allylic oxidation sites excluding steroid dienone is 2. The molecule has 4 aliphatic rings. The average Bonchev–Trinajstić information content (AvgIpc) is 3.31. The zero-order valence-corrected chi connectivity index (χ0v) is 21.5. The second-order valence-electron chi connectivity index (χ2n) is 10.6. The highest BCUT2D eigenvalue weighted by atomic mass is 35.5. The van der Waals surface area contributed by atoms with Gasteiger partial charge in [0.1, 0.15) is 0 Å². The first-order chi connectivity index (χ1) is 15.8. The summed E-state index contributed by atoms with van der Waals surface area (Å²) in [6.45, 7) is 12.0. The van der Waals surface area contributed by atoms with Gasteiger partial charge in [-0.2, -0.15) is 0 Å². The van der Waals surface area contributed by atoms with Gasteiger partial charge in [-0.1, -0.05) is 32.3 Å². The van der Waals surface area contributed by atoms with E-state index >= 15 is 0 Å². The largest absolute Gasteiger partial charge is 0.378 e. The predicted molar refractivity (Wildman–Crippen MR) is 143 cm³/mol. The van der Waals surface area contributed by atoms with Gasteiger partial charge in [0, 0.05) is 56.2 Å². The highest BCUT2D eigenvalue weighted by Crippen LogP contribution is 2.50. The van der Waals surface area contributed by atoms with E-state index in [4.69, 9.17) is 4.74 Å². The van der Waals surface area contributed by atoms with Crippen LogP contribution >= 0.6 is 12.4 Å². The summed E-state index contributed by atoms with van der Waals surface area (Å²) in [4.78, 5) is 7.84. The van der Waals surface area contributed by atoms with E-state index in [2.05, 4.69) is 45.9 Å². The van der Waals surface area contributed by atoms with Crippen molar-refractivity contribution in [1.82, 2.24) is 4.90 Å². The average molecular weight is 474 g/mol. The molecule has 3 fully saturated rings. The van der Waals surface area contributed by atoms with E-state index in [-0.39, 0.29) is 12.4 Å². The molecule has 5 heteroatoms. The molecule has 2 aliphatic heterocycles. The van der Waals surface area contributed by atoms with Crippen LogP contribution in [0.4, 0.5) is 11.4 Å². The van der Waals surface area contributed by atoms with Crippen molar-refractivity contribution < 1.29 is 4.74 Å². The lowest BCUT2D eigenvalue weighted by Gasteiger charge is -2.39. The Balaban J connectivity index is 0.00000259. The van der Waals surface area contributed by atoms with E-state index in [1.807, 2.05) is 0 Å². The van der Waals surface area contributed by atoms with Gasteiger partial charge < -0.3 is 14.5 Å². The summed E-state index contributed by atoms with van der Waals surface area (Å²) in [6, 6.07) is 7.32. The Bertz CT molecular complexity index is 790. The molecule has 0 aromatic heterocycles. The molecule has 2 aliphatic carbocycles. The second kappa shape index (κ2) is 11.5. The number of unbranched alkanes of at least 4 members (excludes halogenated alkanes) is 1. The van der Waals surface area contributed by atoms with Crippen LogP contribution in [0.2, 0.25) is 0 Å². The minimum Gasteiger partial charge on any atom is -0.378 e. The van der Waals surface area contributed by atoms with Gasteiger partial charge >= 0.3 is 0 Å². The molecule has 0 N–H and O–H groups in total. The molecule has 0 atom stereocenters. The van der Waals surface area contributed by atoms with Crippen LogP contribution in [0.5, 0.6) is 0 Å². The number of halogens is 1. The second-order valence-corrected chi connectivity index (χ2v) is 10.6. The Morgan fingerprint density at radius 3 is 2.33 bits per heavy atom. The van der Waals surface area contributed by atoms with Crippen LogP contribution in [-0.4, -0.2) is 63.9 Å². The molecule has 2 heterocycles. The van der Waals surface area contributed by atoms with Gasteiger partial charge in [0.2, 0.25) is 0 Å². The summed E-state index contributed by atoms with van der Waals surface area (Å²) < 4.78 is 5.61. The van der Waals surface area contributed by atoms with E-state index in [9.17, 15) is 0 Å². The predicted octanol–water partition coefficient (Wildman–Crippen LogP) is 5.99. The minimum absolute atomic E-state index is 0. The van der Waals surface area contributed by atoms with Crippen LogP contribution in [0.1, 0.15) is 70.3 Å². The number of benzene rings is 1. The van der Waals surface area contributed by atoms with Crippen molar-refractivity contribution in [1.29, 1.82) is 0 Å². The lowest BCUT2D eigenvalue weighted by Crippen LogP contribution is -2.47. The van der Waals surface area contributed by atoms with Crippen LogP contribution in [0.15, 0.2) is 24.3 Å². The van der Waals surface area contributed by atoms with Gasteiger partial charge in [-0.15, -0.1) is 12.4 Å². The van der Waals surface area contributed by atoms with Gasteiger partial charge in [0.15, 0.2) is 0 Å². The zero-order valence-electron chi connectivity index (χ0n) is 20.7. The van der Waals surface area contributed by atoms with E-state index < -0.39 is 0 Å². The van der Waals surface area contributed by atoms with Crippen LogP contribution in [0.3, 0.4) is 0 Å². The first-order valence-corrected chi connectivity index (χ1v) is 13.4. The Morgan fingerprint density at radius 2 is 1.67 bits per heavy atom. The van der Waals surface area contributed by atoms with Gasteiger partial charge in [0.25, 0.3) is 0 Å². The maximum Gasteiger partial charge on any atom is 0.0642 e. The highest BCUT2D eigenvalue weighted by molar-refractivity contribution is 5.85. The summed E-state index contributed by atoms with van der Waals surface area (Å²) in [6.07, 6.45) is 15.0. The number of piperazine rings is 1. The molecule has 184 valence electrons. The number of morpholine rings is 1. The molecule has 0 unspecified atom stereocenters. The van der Waals surface area contributed by atoms with Gasteiger partial charge in [-0.05, 0) is 74.3 Å². The van der Waals surface area contributed by atoms with Crippen molar-refractivity contribution in [3.63, 3.8) is 0 Å². The lowest BCUT2D eigenvalue weighted by atomic mass is 9.72. The highest BCUT2D eigenvalue weighted by Gasteiger charge is 2.35. The van der Waals surface area contributed by atoms with Crippen LogP contribution in [-0.2, 0) is 4.74 Å². The quantitative estimate of drug-likeness (QED) is 0.504. The molecule has 33 heavy (non-hydrogen) atoms. The molecule has 0 bridgehead atoms. The number of anilines is 2. The topological polar surface area (TPSA) is 19.0 Å². The summed E-state index contributed by atoms with van der Waals surface area (Å²) in [5.41, 5.74) is 6.63. The third-order valence-electron chi connectivity index (χ3n) is 8.61. The molecule has 0 radical (unpaired) electrons. The van der Waals surface area contributed by atoms with Gasteiger partial charge in [-0.3, -0.25) is 4.90 Å². The Morgan fingerprint density at radius 1 is 0.909 bits per heavy atom. The first kappa shape index (κ1) is 24.9. The number of rotatable bonds is 6. The number of ether oxygens (including phenoxy) is 1. The fraction of sp³-hybridized carbons (Fsp3) is 0.714. The maximum atomic E-state index is 5.61. The number of hydrogen-bond acceptors (Lipinski definition) is 4. The van der Waals surface area contributed by atoms with Crippen molar-refractivity contribution >= 4 is 29.4 Å². The molecule has 1 saturated carbocycles. The lowest BCUT2D eigenvalue weighted by molar-refractivity contribution is 0.122. The molecule has 5 rings (SSSR count). The van der Waals surface area contributed by atoms with E-state index in [0.29, 0.717) is 5.41 Å². The smallest absolute Gasteiger partial charge is 0.0642 e. The van der Waals surface area contributed by atoms with Gasteiger partial charge in [0.05, 0.1) is 13.2 Å². The fourth-order valence-corrected chi connectivity index (χ4v) is 6.44. The van der Waals surface area contributed by atoms with E-state index in [0.717, 1.165) is 39.4 Å². The van der Waals surface area contributed by atoms with Crippen molar-refractivity contribution in [3.05, 3.63) is 29.8 Å². The Hall–Kier alpha value is -1.23. The summed E-state index contributed by atoms with van der Waals surface area (Å²) >= 11 is 0. The monoisotopic (exact) mass is 473 g/mol. The van der Waals surface area contributed by atoms with Crippen molar-refractivity contribution in [2.45, 2.75) is 64.7 Å². The van der Waals surface area contributed by atoms with E-state index in [1.165, 1.54) is 94.4 Å². The standard InChI is InChI=1S/C28H43N3O.ClH/c1-2-3-14-29-15-17-31(18-16-29)27-7-6-25(30-19-21-32-22-20-30)23-26(27)24-8-12-28(13-9-24)10-4-5-11-28;/h6-8,23H,2-5,9-22H2,1H3;1H.